The summed E-state index contributed by atoms with van der Waals surface area (Å²) in [6.45, 7) is 12.5. The topological polar surface area (TPSA) is 0 Å². The van der Waals surface area contributed by atoms with Crippen molar-refractivity contribution in [1.82, 2.24) is 0 Å². The summed E-state index contributed by atoms with van der Waals surface area (Å²) in [7, 11) is 1.16. The van der Waals surface area contributed by atoms with Crippen molar-refractivity contribution in [2.75, 3.05) is 12.8 Å². The average Bonchev–Trinajstić information content (AvgIpc) is 1.98. The Morgan fingerprint density at radius 3 is 1.33 bits per heavy atom. The molecule has 1 heteroatoms. The van der Waals surface area contributed by atoms with E-state index in [0.29, 0.717) is 0 Å². The zero-order valence-electron chi connectivity index (χ0n) is 7.91. The molecule has 0 N–H and O–H groups in total. The lowest BCUT2D eigenvalue weighted by atomic mass is 10.6. The summed E-state index contributed by atoms with van der Waals surface area (Å²) in [4.78, 5) is 0. The van der Waals surface area contributed by atoms with Crippen molar-refractivity contribution in [2.45, 2.75) is 41.0 Å². The molecule has 0 saturated carbocycles. The fourth-order valence-corrected chi connectivity index (χ4v) is 0.750. The van der Waals surface area contributed by atoms with Crippen LogP contribution in [0.3, 0.4) is 0 Å². The van der Waals surface area contributed by atoms with Gasteiger partial charge in [-0.05, 0) is 12.8 Å². The summed E-state index contributed by atoms with van der Waals surface area (Å²) in [5.41, 5.74) is 0. The first-order valence-electron chi connectivity index (χ1n) is 4.06. The first kappa shape index (κ1) is 16.2. The van der Waals surface area contributed by atoms with Crippen molar-refractivity contribution in [2.24, 2.45) is 0 Å². The van der Waals surface area contributed by atoms with Crippen LogP contribution in [0.25, 0.3) is 0 Å². The van der Waals surface area contributed by atoms with Crippen LogP contribution in [-0.2, 0) is 0 Å². The molecule has 0 heterocycles. The predicted molar refractivity (Wildman–Crippen MR) is 52.1 cm³/mol. The molecule has 0 fully saturated rings. The van der Waals surface area contributed by atoms with Crippen molar-refractivity contribution in [3.8, 4) is 0 Å². The van der Waals surface area contributed by atoms with Crippen molar-refractivity contribution in [3.63, 3.8) is 0 Å². The van der Waals surface area contributed by atoms with Crippen LogP contribution < -0.4 is 0 Å². The second-order valence-corrected chi connectivity index (χ2v) is 2.31. The molecule has 0 bridgehead atoms. The molecule has 0 aromatic heterocycles. The van der Waals surface area contributed by atoms with Gasteiger partial charge in [0.25, 0.3) is 0 Å². The van der Waals surface area contributed by atoms with Gasteiger partial charge in [-0.1, -0.05) is 41.0 Å². The summed E-state index contributed by atoms with van der Waals surface area (Å²) in [6, 6.07) is 0. The normalized spacial score (nSPS) is 7.33. The lowest BCUT2D eigenvalue weighted by molar-refractivity contribution is 1.10. The van der Waals surface area contributed by atoms with E-state index in [-0.39, 0.29) is 0 Å². The SMILES string of the molecule is CC.CC.CCCPC. The summed E-state index contributed by atoms with van der Waals surface area (Å²) in [6.07, 6.45) is 2.77. The van der Waals surface area contributed by atoms with Crippen LogP contribution in [0.2, 0.25) is 0 Å². The third-order valence-electron chi connectivity index (χ3n) is 0.500. The Balaban J connectivity index is -0.0000000771. The Morgan fingerprint density at radius 2 is 1.33 bits per heavy atom. The molecule has 0 aliphatic carbocycles. The maximum Gasteiger partial charge on any atom is -0.0359 e. The molecule has 0 amide bonds. The maximum absolute atomic E-state index is 2.24. The first-order chi connectivity index (χ1) is 4.41. The highest BCUT2D eigenvalue weighted by atomic mass is 31.1. The molecule has 60 valence electrons. The molecule has 1 unspecified atom stereocenters. The lowest BCUT2D eigenvalue weighted by Gasteiger charge is -1.80. The van der Waals surface area contributed by atoms with Crippen molar-refractivity contribution >= 4 is 8.58 Å². The van der Waals surface area contributed by atoms with E-state index in [1.54, 1.807) is 0 Å². The van der Waals surface area contributed by atoms with Gasteiger partial charge < -0.3 is 0 Å². The second kappa shape index (κ2) is 39.6. The summed E-state index contributed by atoms with van der Waals surface area (Å²) in [5.74, 6) is 0. The van der Waals surface area contributed by atoms with Gasteiger partial charge in [-0.15, -0.1) is 8.58 Å². The highest BCUT2D eigenvalue weighted by Crippen LogP contribution is 2.01. The molecule has 0 aliphatic heterocycles. The van der Waals surface area contributed by atoms with Gasteiger partial charge in [0, 0.05) is 0 Å². The minimum Gasteiger partial charge on any atom is -0.125 e. The van der Waals surface area contributed by atoms with Crippen LogP contribution in [-0.4, -0.2) is 12.8 Å². The van der Waals surface area contributed by atoms with E-state index in [9.17, 15) is 0 Å². The molecule has 0 aromatic rings. The smallest absolute Gasteiger partial charge is 0.0359 e. The molecule has 0 saturated heterocycles. The monoisotopic (exact) mass is 150 g/mol. The third-order valence-corrected chi connectivity index (χ3v) is 1.50. The van der Waals surface area contributed by atoms with Gasteiger partial charge in [0.05, 0.1) is 0 Å². The lowest BCUT2D eigenvalue weighted by Crippen LogP contribution is -1.61. The van der Waals surface area contributed by atoms with E-state index < -0.39 is 0 Å². The van der Waals surface area contributed by atoms with Crippen LogP contribution in [0.15, 0.2) is 0 Å². The van der Waals surface area contributed by atoms with E-state index in [2.05, 4.69) is 13.6 Å². The van der Waals surface area contributed by atoms with E-state index in [1.807, 2.05) is 27.7 Å². The quantitative estimate of drug-likeness (QED) is 0.526. The molecule has 1 atom stereocenters. The molecule has 0 spiro atoms. The molecule has 0 nitrogen and oxygen atoms in total. The predicted octanol–water partition coefficient (Wildman–Crippen LogP) is 3.76. The standard InChI is InChI=1S/C4H11P.2C2H6/c1-3-4-5-2;2*1-2/h5H,3-4H2,1-2H3;2*1-2H3. The summed E-state index contributed by atoms with van der Waals surface area (Å²) < 4.78 is 0. The number of hydrogen-bond acceptors (Lipinski definition) is 0. The molecule has 9 heavy (non-hydrogen) atoms. The Hall–Kier alpha value is 0.430. The molecule has 0 aromatic carbocycles. The minimum absolute atomic E-state index is 1.16. The fourth-order valence-electron chi connectivity index (χ4n) is 0.250. The van der Waals surface area contributed by atoms with Crippen molar-refractivity contribution in [1.29, 1.82) is 0 Å². The molecule has 0 aliphatic rings. The van der Waals surface area contributed by atoms with Gasteiger partial charge in [0.1, 0.15) is 0 Å². The summed E-state index contributed by atoms with van der Waals surface area (Å²) in [5, 5.41) is 0. The highest BCUT2D eigenvalue weighted by molar-refractivity contribution is 7.36. The van der Waals surface area contributed by atoms with E-state index in [4.69, 9.17) is 0 Å². The van der Waals surface area contributed by atoms with Crippen LogP contribution in [0.1, 0.15) is 41.0 Å². The van der Waals surface area contributed by atoms with E-state index >= 15 is 0 Å². The molecular weight excluding hydrogens is 127 g/mol. The van der Waals surface area contributed by atoms with Gasteiger partial charge in [-0.3, -0.25) is 0 Å². The Labute approximate surface area is 63.2 Å². The second-order valence-electron chi connectivity index (χ2n) is 1.10. The number of rotatable bonds is 2. The summed E-state index contributed by atoms with van der Waals surface area (Å²) >= 11 is 0. The average molecular weight is 150 g/mol. The molecular formula is C8H23P. The third kappa shape index (κ3) is 59.0. The van der Waals surface area contributed by atoms with Crippen LogP contribution in [0.4, 0.5) is 0 Å². The van der Waals surface area contributed by atoms with E-state index in [0.717, 1.165) is 8.58 Å². The molecule has 0 rings (SSSR count). The van der Waals surface area contributed by atoms with Gasteiger partial charge in [-0.2, -0.15) is 0 Å². The van der Waals surface area contributed by atoms with E-state index in [1.165, 1.54) is 12.6 Å². The number of hydrogen-bond donors (Lipinski definition) is 0. The maximum atomic E-state index is 2.24. The Bertz CT molecular complexity index is 12.0. The van der Waals surface area contributed by atoms with Crippen LogP contribution >= 0.6 is 8.58 Å². The highest BCUT2D eigenvalue weighted by Gasteiger charge is 1.67. The zero-order valence-corrected chi connectivity index (χ0v) is 8.91. The van der Waals surface area contributed by atoms with Gasteiger partial charge in [0.2, 0.25) is 0 Å². The fraction of sp³-hybridized carbons (Fsp3) is 1.00. The van der Waals surface area contributed by atoms with Gasteiger partial charge in [0.15, 0.2) is 0 Å². The molecule has 0 radical (unpaired) electrons. The van der Waals surface area contributed by atoms with Crippen molar-refractivity contribution < 1.29 is 0 Å². The zero-order chi connectivity index (χ0) is 8.12. The van der Waals surface area contributed by atoms with Crippen LogP contribution in [0, 0.1) is 0 Å². The van der Waals surface area contributed by atoms with Gasteiger partial charge in [-0.25, -0.2) is 0 Å². The van der Waals surface area contributed by atoms with Crippen molar-refractivity contribution in [3.05, 3.63) is 0 Å². The minimum atomic E-state index is 1.16. The largest absolute Gasteiger partial charge is 0.125 e. The Kier molecular flexibility index (Phi) is 71.2. The van der Waals surface area contributed by atoms with Gasteiger partial charge >= 0.3 is 0 Å². The Morgan fingerprint density at radius 1 is 1.00 bits per heavy atom. The van der Waals surface area contributed by atoms with Crippen LogP contribution in [0.5, 0.6) is 0 Å². The first-order valence-corrected chi connectivity index (χ1v) is 5.77.